The van der Waals surface area contributed by atoms with Crippen molar-refractivity contribution in [1.29, 1.82) is 0 Å². The first-order valence-corrected chi connectivity index (χ1v) is 5.69. The van der Waals surface area contributed by atoms with E-state index in [0.717, 1.165) is 39.0 Å². The van der Waals surface area contributed by atoms with Crippen LogP contribution in [0.4, 0.5) is 0 Å². The molecule has 0 bridgehead atoms. The third kappa shape index (κ3) is 5.26. The molecule has 1 fully saturated rings. The molecule has 1 N–H and O–H groups in total. The number of nitrogens with one attached hydrogen (secondary N) is 1. The molecule has 0 saturated carbocycles. The number of unbranched alkanes of at least 4 members (excludes halogenated alkanes) is 1. The maximum Gasteiger partial charge on any atom is 0.0587 e. The minimum Gasteiger partial charge on any atom is -0.378 e. The van der Waals surface area contributed by atoms with Crippen LogP contribution in [0.3, 0.4) is 0 Å². The van der Waals surface area contributed by atoms with Gasteiger partial charge < -0.3 is 10.1 Å². The smallest absolute Gasteiger partial charge is 0.0587 e. The van der Waals surface area contributed by atoms with Crippen LogP contribution >= 0.6 is 0 Å². The predicted molar refractivity (Wildman–Crippen MR) is 59.1 cm³/mol. The van der Waals surface area contributed by atoms with Crippen molar-refractivity contribution in [2.45, 2.75) is 44.6 Å². The summed E-state index contributed by atoms with van der Waals surface area (Å²) in [6, 6.07) is 0. The first-order chi connectivity index (χ1) is 6.93. The van der Waals surface area contributed by atoms with E-state index in [2.05, 4.69) is 11.2 Å². The van der Waals surface area contributed by atoms with E-state index in [4.69, 9.17) is 11.2 Å². The second kappa shape index (κ2) is 7.84. The summed E-state index contributed by atoms with van der Waals surface area (Å²) in [5, 5.41) is 3.39. The maximum atomic E-state index is 5.63. The lowest BCUT2D eigenvalue weighted by Crippen LogP contribution is -2.25. The van der Waals surface area contributed by atoms with Gasteiger partial charge in [0.25, 0.3) is 0 Å². The van der Waals surface area contributed by atoms with Crippen molar-refractivity contribution in [2.24, 2.45) is 0 Å². The number of rotatable bonds is 6. The summed E-state index contributed by atoms with van der Waals surface area (Å²) in [7, 11) is 0. The molecule has 0 amide bonds. The Morgan fingerprint density at radius 2 is 2.29 bits per heavy atom. The van der Waals surface area contributed by atoms with Crippen LogP contribution in [-0.2, 0) is 4.74 Å². The molecule has 0 aromatic heterocycles. The van der Waals surface area contributed by atoms with Gasteiger partial charge in [0, 0.05) is 13.0 Å². The molecular weight excluding hydrogens is 174 g/mol. The fourth-order valence-electron chi connectivity index (χ4n) is 1.74. The van der Waals surface area contributed by atoms with E-state index in [1.165, 1.54) is 19.3 Å². The minimum absolute atomic E-state index is 0.504. The Morgan fingerprint density at radius 1 is 1.36 bits per heavy atom. The molecule has 1 rings (SSSR count). The van der Waals surface area contributed by atoms with Crippen LogP contribution in [0.5, 0.6) is 0 Å². The number of hydrogen-bond acceptors (Lipinski definition) is 2. The van der Waals surface area contributed by atoms with Crippen molar-refractivity contribution < 1.29 is 4.74 Å². The lowest BCUT2D eigenvalue weighted by Gasteiger charge is -2.22. The summed E-state index contributed by atoms with van der Waals surface area (Å²) >= 11 is 0. The molecule has 1 heterocycles. The lowest BCUT2D eigenvalue weighted by molar-refractivity contribution is 0.0116. The molecule has 1 unspecified atom stereocenters. The Labute approximate surface area is 87.4 Å². The Bertz CT molecular complexity index is 168. The monoisotopic (exact) mass is 195 g/mol. The summed E-state index contributed by atoms with van der Waals surface area (Å²) in [4.78, 5) is 0. The molecule has 0 spiro atoms. The normalized spacial score (nSPS) is 21.8. The van der Waals surface area contributed by atoms with Crippen LogP contribution in [0.1, 0.15) is 38.5 Å². The van der Waals surface area contributed by atoms with E-state index in [-0.39, 0.29) is 0 Å². The van der Waals surface area contributed by atoms with Crippen LogP contribution in [0, 0.1) is 12.3 Å². The Morgan fingerprint density at radius 3 is 3.00 bits per heavy atom. The Balaban J connectivity index is 1.85. The molecule has 1 aliphatic heterocycles. The van der Waals surface area contributed by atoms with E-state index < -0.39 is 0 Å². The van der Waals surface area contributed by atoms with Gasteiger partial charge in [0.15, 0.2) is 0 Å². The van der Waals surface area contributed by atoms with Crippen LogP contribution in [-0.4, -0.2) is 25.8 Å². The molecule has 0 aromatic rings. The van der Waals surface area contributed by atoms with Crippen molar-refractivity contribution in [3.05, 3.63) is 0 Å². The van der Waals surface area contributed by atoms with Gasteiger partial charge in [-0.3, -0.25) is 0 Å². The Kier molecular flexibility index (Phi) is 6.47. The molecule has 1 aliphatic rings. The average molecular weight is 195 g/mol. The summed E-state index contributed by atoms with van der Waals surface area (Å²) < 4.78 is 5.63. The molecule has 0 aromatic carbocycles. The third-order valence-corrected chi connectivity index (χ3v) is 2.59. The summed E-state index contributed by atoms with van der Waals surface area (Å²) in [6.07, 6.45) is 12.6. The zero-order chi connectivity index (χ0) is 10.1. The third-order valence-electron chi connectivity index (χ3n) is 2.59. The zero-order valence-electron chi connectivity index (χ0n) is 8.93. The first kappa shape index (κ1) is 11.6. The number of terminal acetylenes is 1. The van der Waals surface area contributed by atoms with E-state index in [1.807, 2.05) is 0 Å². The predicted octanol–water partition coefficient (Wildman–Crippen LogP) is 1.95. The average Bonchev–Trinajstić information content (AvgIpc) is 2.25. The number of hydrogen-bond donors (Lipinski definition) is 1. The quantitative estimate of drug-likeness (QED) is 0.516. The highest BCUT2D eigenvalue weighted by atomic mass is 16.5. The van der Waals surface area contributed by atoms with Crippen molar-refractivity contribution in [2.75, 3.05) is 19.7 Å². The molecule has 80 valence electrons. The highest BCUT2D eigenvalue weighted by Gasteiger charge is 2.12. The molecule has 14 heavy (non-hydrogen) atoms. The standard InChI is InChI=1S/C12H21NO/c1-2-3-5-9-13-10-8-12-7-4-6-11-14-12/h1,12-13H,3-11H2. The molecule has 2 heteroatoms. The van der Waals surface area contributed by atoms with Gasteiger partial charge in [0.2, 0.25) is 0 Å². The summed E-state index contributed by atoms with van der Waals surface area (Å²) in [5.74, 6) is 2.64. The van der Waals surface area contributed by atoms with E-state index in [1.54, 1.807) is 0 Å². The molecule has 1 atom stereocenters. The van der Waals surface area contributed by atoms with Gasteiger partial charge in [0.05, 0.1) is 6.10 Å². The molecule has 0 aliphatic carbocycles. The molecule has 2 nitrogen and oxygen atoms in total. The molecular formula is C12H21NO. The first-order valence-electron chi connectivity index (χ1n) is 5.69. The lowest BCUT2D eigenvalue weighted by atomic mass is 10.1. The van der Waals surface area contributed by atoms with Gasteiger partial charge in [-0.15, -0.1) is 12.3 Å². The van der Waals surface area contributed by atoms with Gasteiger partial charge in [0.1, 0.15) is 0 Å². The van der Waals surface area contributed by atoms with Crippen molar-refractivity contribution in [3.63, 3.8) is 0 Å². The van der Waals surface area contributed by atoms with Crippen LogP contribution in [0.15, 0.2) is 0 Å². The SMILES string of the molecule is C#CCCCNCCC1CCCCO1. The molecule has 0 radical (unpaired) electrons. The van der Waals surface area contributed by atoms with Crippen LogP contribution in [0.25, 0.3) is 0 Å². The second-order valence-corrected chi connectivity index (χ2v) is 3.83. The summed E-state index contributed by atoms with van der Waals surface area (Å²) in [5.41, 5.74) is 0. The van der Waals surface area contributed by atoms with Crippen molar-refractivity contribution >= 4 is 0 Å². The van der Waals surface area contributed by atoms with Crippen molar-refractivity contribution in [3.8, 4) is 12.3 Å². The van der Waals surface area contributed by atoms with Gasteiger partial charge in [-0.2, -0.15) is 0 Å². The van der Waals surface area contributed by atoms with E-state index >= 15 is 0 Å². The van der Waals surface area contributed by atoms with Gasteiger partial charge in [-0.1, -0.05) is 0 Å². The minimum atomic E-state index is 0.504. The number of ether oxygens (including phenoxy) is 1. The summed E-state index contributed by atoms with van der Waals surface area (Å²) in [6.45, 7) is 3.06. The highest BCUT2D eigenvalue weighted by molar-refractivity contribution is 4.83. The van der Waals surface area contributed by atoms with Crippen LogP contribution in [0.2, 0.25) is 0 Å². The fourth-order valence-corrected chi connectivity index (χ4v) is 1.74. The molecule has 1 saturated heterocycles. The highest BCUT2D eigenvalue weighted by Crippen LogP contribution is 2.14. The van der Waals surface area contributed by atoms with Gasteiger partial charge in [-0.05, 0) is 45.2 Å². The van der Waals surface area contributed by atoms with Gasteiger partial charge >= 0.3 is 0 Å². The largest absolute Gasteiger partial charge is 0.378 e. The Hall–Kier alpha value is -0.520. The maximum absolute atomic E-state index is 5.63. The van der Waals surface area contributed by atoms with E-state index in [0.29, 0.717) is 6.10 Å². The van der Waals surface area contributed by atoms with E-state index in [9.17, 15) is 0 Å². The fraction of sp³-hybridized carbons (Fsp3) is 0.833. The zero-order valence-corrected chi connectivity index (χ0v) is 8.93. The van der Waals surface area contributed by atoms with Gasteiger partial charge in [-0.25, -0.2) is 0 Å². The van der Waals surface area contributed by atoms with Crippen molar-refractivity contribution in [1.82, 2.24) is 5.32 Å². The second-order valence-electron chi connectivity index (χ2n) is 3.83. The topological polar surface area (TPSA) is 21.3 Å². The van der Waals surface area contributed by atoms with Crippen LogP contribution < -0.4 is 5.32 Å².